The second kappa shape index (κ2) is 8.01. The molecule has 1 aliphatic heterocycles. The summed E-state index contributed by atoms with van der Waals surface area (Å²) in [5, 5.41) is 18.5. The molecule has 1 saturated heterocycles. The second-order valence-corrected chi connectivity index (χ2v) is 8.30. The van der Waals surface area contributed by atoms with Gasteiger partial charge in [0.15, 0.2) is 5.82 Å². The quantitative estimate of drug-likeness (QED) is 0.673. The summed E-state index contributed by atoms with van der Waals surface area (Å²) in [5.74, 6) is -0.384. The number of hydrogen-bond acceptors (Lipinski definition) is 6. The van der Waals surface area contributed by atoms with E-state index in [0.717, 1.165) is 0 Å². The summed E-state index contributed by atoms with van der Waals surface area (Å²) >= 11 is 0. The van der Waals surface area contributed by atoms with Gasteiger partial charge in [0.05, 0.1) is 5.92 Å². The van der Waals surface area contributed by atoms with Crippen LogP contribution >= 0.6 is 0 Å². The van der Waals surface area contributed by atoms with E-state index in [2.05, 4.69) is 32.5 Å². The molecule has 1 atom stereocenters. The third-order valence-corrected chi connectivity index (χ3v) is 6.29. The minimum Gasteiger partial charge on any atom is -0.419 e. The summed E-state index contributed by atoms with van der Waals surface area (Å²) in [7, 11) is 1.75. The number of rotatable bonds is 6. The van der Waals surface area contributed by atoms with Crippen LogP contribution in [0.3, 0.4) is 0 Å². The number of carbonyl (C=O) groups is 1. The maximum atomic E-state index is 12.9. The molecule has 2 fully saturated rings. The number of aryl methyl sites for hydroxylation is 1. The van der Waals surface area contributed by atoms with Crippen LogP contribution in [0, 0.1) is 11.8 Å². The molecule has 2 aliphatic rings. The highest BCUT2D eigenvalue weighted by Crippen LogP contribution is 2.40. The highest BCUT2D eigenvalue weighted by molar-refractivity contribution is 5.91. The zero-order chi connectivity index (χ0) is 22.2. The van der Waals surface area contributed by atoms with Gasteiger partial charge in [0.2, 0.25) is 11.8 Å². The standard InChI is InChI=1S/C20H25F3N6O2/c1-3-19(8-9-24-17(19)30)18-27-26-16(31-18)14-11-29(2)28-15(14)25-10-12-4-6-13(7-5-12)20(21,22)23/h3,11-13H,1,4-10H2,2H3,(H,24,30)(H,25,28)/t12?,13?,19-/m0/s1. The van der Waals surface area contributed by atoms with Crippen molar-refractivity contribution >= 4 is 11.7 Å². The summed E-state index contributed by atoms with van der Waals surface area (Å²) in [4.78, 5) is 12.3. The lowest BCUT2D eigenvalue weighted by molar-refractivity contribution is -0.183. The molecule has 1 aliphatic carbocycles. The average molecular weight is 438 g/mol. The minimum atomic E-state index is -4.11. The number of carbonyl (C=O) groups excluding carboxylic acids is 1. The molecule has 8 nitrogen and oxygen atoms in total. The second-order valence-electron chi connectivity index (χ2n) is 8.30. The average Bonchev–Trinajstić information content (AvgIpc) is 3.44. The van der Waals surface area contributed by atoms with Crippen LogP contribution in [0.25, 0.3) is 11.5 Å². The highest BCUT2D eigenvalue weighted by atomic mass is 19.4. The van der Waals surface area contributed by atoms with Crippen LogP contribution in [0.15, 0.2) is 23.3 Å². The number of hydrogen-bond donors (Lipinski definition) is 2. The van der Waals surface area contributed by atoms with E-state index in [-0.39, 0.29) is 36.4 Å². The van der Waals surface area contributed by atoms with Gasteiger partial charge >= 0.3 is 6.18 Å². The molecule has 2 N–H and O–H groups in total. The summed E-state index contributed by atoms with van der Waals surface area (Å²) < 4.78 is 46.0. The zero-order valence-corrected chi connectivity index (χ0v) is 17.2. The molecule has 1 saturated carbocycles. The topological polar surface area (TPSA) is 97.9 Å². The molecule has 11 heteroatoms. The first-order valence-corrected chi connectivity index (χ1v) is 10.3. The van der Waals surface area contributed by atoms with E-state index >= 15 is 0 Å². The Labute approximate surface area is 177 Å². The SMILES string of the molecule is C=C[C@]1(c2nnc(-c3cn(C)nc3NCC3CCC(C(F)(F)F)CC3)o2)CCNC1=O. The number of anilines is 1. The molecule has 2 aromatic rings. The number of amides is 1. The first-order valence-electron chi connectivity index (χ1n) is 10.3. The third-order valence-electron chi connectivity index (χ3n) is 6.29. The van der Waals surface area contributed by atoms with Crippen LogP contribution < -0.4 is 10.6 Å². The maximum absolute atomic E-state index is 12.9. The molecule has 3 heterocycles. The monoisotopic (exact) mass is 438 g/mol. The van der Waals surface area contributed by atoms with Crippen LogP contribution in [0.1, 0.15) is 38.0 Å². The lowest BCUT2D eigenvalue weighted by atomic mass is 9.81. The molecule has 0 aromatic carbocycles. The van der Waals surface area contributed by atoms with Gasteiger partial charge in [-0.3, -0.25) is 9.48 Å². The predicted octanol–water partition coefficient (Wildman–Crippen LogP) is 3.19. The first kappa shape index (κ1) is 21.4. The first-order chi connectivity index (χ1) is 14.7. The summed E-state index contributed by atoms with van der Waals surface area (Å²) in [6.07, 6.45) is 0.952. The number of aromatic nitrogens is 4. The number of alkyl halides is 3. The van der Waals surface area contributed by atoms with E-state index in [1.807, 2.05) is 0 Å². The maximum Gasteiger partial charge on any atom is 0.391 e. The van der Waals surface area contributed by atoms with E-state index in [1.54, 1.807) is 17.9 Å². The molecular weight excluding hydrogens is 413 g/mol. The van der Waals surface area contributed by atoms with E-state index < -0.39 is 17.5 Å². The Kier molecular flexibility index (Phi) is 5.52. The number of halogens is 3. The van der Waals surface area contributed by atoms with Crippen molar-refractivity contribution in [2.45, 2.75) is 43.7 Å². The van der Waals surface area contributed by atoms with Crippen molar-refractivity contribution in [3.05, 3.63) is 24.7 Å². The van der Waals surface area contributed by atoms with Gasteiger partial charge in [-0.15, -0.1) is 16.8 Å². The van der Waals surface area contributed by atoms with Gasteiger partial charge in [-0.1, -0.05) is 6.08 Å². The summed E-state index contributed by atoms with van der Waals surface area (Å²) in [5.41, 5.74) is -0.471. The van der Waals surface area contributed by atoms with Gasteiger partial charge in [0.1, 0.15) is 11.0 Å². The van der Waals surface area contributed by atoms with Crippen LogP contribution in [-0.4, -0.2) is 45.2 Å². The van der Waals surface area contributed by atoms with Crippen molar-refractivity contribution in [2.24, 2.45) is 18.9 Å². The van der Waals surface area contributed by atoms with Crippen LogP contribution in [0.5, 0.6) is 0 Å². The molecule has 1 amide bonds. The van der Waals surface area contributed by atoms with Crippen molar-refractivity contribution in [1.82, 2.24) is 25.3 Å². The highest BCUT2D eigenvalue weighted by Gasteiger charge is 2.46. The van der Waals surface area contributed by atoms with Crippen molar-refractivity contribution in [2.75, 3.05) is 18.4 Å². The third kappa shape index (κ3) is 4.05. The van der Waals surface area contributed by atoms with Crippen LogP contribution in [0.2, 0.25) is 0 Å². The number of nitrogens with one attached hydrogen (secondary N) is 2. The molecule has 0 bridgehead atoms. The fourth-order valence-corrected chi connectivity index (χ4v) is 4.35. The Morgan fingerprint density at radius 2 is 2.10 bits per heavy atom. The number of nitrogens with zero attached hydrogens (tertiary/aromatic N) is 4. The molecule has 0 spiro atoms. The Balaban J connectivity index is 1.46. The predicted molar refractivity (Wildman–Crippen MR) is 106 cm³/mol. The van der Waals surface area contributed by atoms with Crippen molar-refractivity contribution in [1.29, 1.82) is 0 Å². The lowest BCUT2D eigenvalue weighted by Crippen LogP contribution is -2.33. The van der Waals surface area contributed by atoms with E-state index in [4.69, 9.17) is 4.42 Å². The van der Waals surface area contributed by atoms with Gasteiger partial charge in [-0.05, 0) is 38.0 Å². The van der Waals surface area contributed by atoms with Crippen LogP contribution in [-0.2, 0) is 17.3 Å². The van der Waals surface area contributed by atoms with Gasteiger partial charge < -0.3 is 15.1 Å². The van der Waals surface area contributed by atoms with Gasteiger partial charge in [-0.2, -0.15) is 18.3 Å². The Bertz CT molecular complexity index is 961. The van der Waals surface area contributed by atoms with Gasteiger partial charge in [-0.25, -0.2) is 0 Å². The fourth-order valence-electron chi connectivity index (χ4n) is 4.35. The normalized spacial score (nSPS) is 26.6. The largest absolute Gasteiger partial charge is 0.419 e. The Hall–Kier alpha value is -2.85. The molecule has 0 radical (unpaired) electrons. The molecule has 31 heavy (non-hydrogen) atoms. The van der Waals surface area contributed by atoms with Crippen molar-refractivity contribution < 1.29 is 22.4 Å². The summed E-state index contributed by atoms with van der Waals surface area (Å²) in [6.45, 7) is 4.77. The van der Waals surface area contributed by atoms with Gasteiger partial charge in [0.25, 0.3) is 5.89 Å². The molecule has 0 unspecified atom stereocenters. The van der Waals surface area contributed by atoms with E-state index in [0.29, 0.717) is 43.7 Å². The van der Waals surface area contributed by atoms with Gasteiger partial charge in [0, 0.05) is 26.3 Å². The Morgan fingerprint density at radius 3 is 2.71 bits per heavy atom. The van der Waals surface area contributed by atoms with E-state index in [1.165, 1.54) is 6.08 Å². The fraction of sp³-hybridized carbons (Fsp3) is 0.600. The van der Waals surface area contributed by atoms with Crippen LogP contribution in [0.4, 0.5) is 19.0 Å². The van der Waals surface area contributed by atoms with Crippen molar-refractivity contribution in [3.63, 3.8) is 0 Å². The summed E-state index contributed by atoms with van der Waals surface area (Å²) in [6, 6.07) is 0. The van der Waals surface area contributed by atoms with E-state index in [9.17, 15) is 18.0 Å². The molecule has 168 valence electrons. The molecular formula is C20H25F3N6O2. The zero-order valence-electron chi connectivity index (χ0n) is 17.2. The lowest BCUT2D eigenvalue weighted by Gasteiger charge is -2.29. The molecule has 4 rings (SSSR count). The minimum absolute atomic E-state index is 0.137. The Morgan fingerprint density at radius 1 is 1.35 bits per heavy atom. The van der Waals surface area contributed by atoms with Crippen molar-refractivity contribution in [3.8, 4) is 11.5 Å². The molecule has 2 aromatic heterocycles. The smallest absolute Gasteiger partial charge is 0.391 e.